The monoisotopic (exact) mass is 296 g/mol. The van der Waals surface area contributed by atoms with Crippen molar-refractivity contribution in [1.82, 2.24) is 0 Å². The molecule has 3 rings (SSSR count). The fourth-order valence-electron chi connectivity index (χ4n) is 2.89. The summed E-state index contributed by atoms with van der Waals surface area (Å²) in [5.41, 5.74) is 3.12. The lowest BCUT2D eigenvalue weighted by Crippen LogP contribution is -2.07. The summed E-state index contributed by atoms with van der Waals surface area (Å²) in [6.45, 7) is 2.45. The number of aryl methyl sites for hydroxylation is 1. The molecule has 4 nitrogen and oxygen atoms in total. The lowest BCUT2D eigenvalue weighted by atomic mass is 9.97. The van der Waals surface area contributed by atoms with Crippen LogP contribution in [0.3, 0.4) is 0 Å². The van der Waals surface area contributed by atoms with Gasteiger partial charge in [0.2, 0.25) is 0 Å². The molecule has 1 aliphatic carbocycles. The number of rotatable bonds is 3. The highest BCUT2D eigenvalue weighted by molar-refractivity contribution is 6.12. The Bertz CT molecular complexity index is 762. The van der Waals surface area contributed by atoms with Crippen LogP contribution in [0.4, 0.5) is 0 Å². The van der Waals surface area contributed by atoms with E-state index in [2.05, 4.69) is 0 Å². The predicted octanol–water partition coefficient (Wildman–Crippen LogP) is 3.11. The molecule has 4 heteroatoms. The first-order valence-electron chi connectivity index (χ1n) is 7.27. The molecule has 2 aromatic rings. The topological polar surface area (TPSA) is 63.6 Å². The van der Waals surface area contributed by atoms with Crippen molar-refractivity contribution in [1.29, 1.82) is 0 Å². The van der Waals surface area contributed by atoms with Gasteiger partial charge in [-0.15, -0.1) is 0 Å². The first-order chi connectivity index (χ1) is 10.6. The molecule has 0 saturated carbocycles. The zero-order valence-electron chi connectivity index (χ0n) is 12.3. The summed E-state index contributed by atoms with van der Waals surface area (Å²) in [6, 6.07) is 10.2. The molecule has 112 valence electrons. The first-order valence-corrected chi connectivity index (χ1v) is 7.27. The van der Waals surface area contributed by atoms with E-state index in [1.54, 1.807) is 18.2 Å². The molecule has 2 aromatic carbocycles. The van der Waals surface area contributed by atoms with Gasteiger partial charge in [0.05, 0.1) is 12.2 Å². The first kappa shape index (κ1) is 14.3. The molecule has 1 N–H and O–H groups in total. The van der Waals surface area contributed by atoms with E-state index in [9.17, 15) is 9.59 Å². The second-order valence-electron chi connectivity index (χ2n) is 5.22. The molecule has 1 aliphatic rings. The van der Waals surface area contributed by atoms with Crippen molar-refractivity contribution in [2.45, 2.75) is 19.8 Å². The quantitative estimate of drug-likeness (QED) is 0.945. The molecular weight excluding hydrogens is 280 g/mol. The van der Waals surface area contributed by atoms with Crippen molar-refractivity contribution < 1.29 is 19.4 Å². The number of carboxylic acids is 1. The van der Waals surface area contributed by atoms with Gasteiger partial charge in [0.25, 0.3) is 0 Å². The predicted molar refractivity (Wildman–Crippen MR) is 81.9 cm³/mol. The largest absolute Gasteiger partial charge is 0.494 e. The van der Waals surface area contributed by atoms with Crippen molar-refractivity contribution in [2.75, 3.05) is 6.61 Å². The highest BCUT2D eigenvalue weighted by Gasteiger charge is 2.24. The Kier molecular flexibility index (Phi) is 3.67. The summed E-state index contributed by atoms with van der Waals surface area (Å²) < 4.78 is 5.62. The Morgan fingerprint density at radius 3 is 2.73 bits per heavy atom. The van der Waals surface area contributed by atoms with Gasteiger partial charge in [0.15, 0.2) is 5.78 Å². The van der Waals surface area contributed by atoms with Crippen LogP contribution in [0.15, 0.2) is 36.4 Å². The third-order valence-electron chi connectivity index (χ3n) is 3.92. The molecule has 22 heavy (non-hydrogen) atoms. The van der Waals surface area contributed by atoms with Gasteiger partial charge in [0.1, 0.15) is 5.75 Å². The third-order valence-corrected chi connectivity index (χ3v) is 3.92. The third kappa shape index (κ3) is 2.37. The van der Waals surface area contributed by atoms with Crippen molar-refractivity contribution in [2.24, 2.45) is 0 Å². The average Bonchev–Trinajstić information content (AvgIpc) is 2.66. The normalized spacial score (nSPS) is 13.0. The van der Waals surface area contributed by atoms with E-state index in [4.69, 9.17) is 9.84 Å². The number of ketones is 1. The Labute approximate surface area is 128 Å². The van der Waals surface area contributed by atoms with E-state index >= 15 is 0 Å². The summed E-state index contributed by atoms with van der Waals surface area (Å²) in [7, 11) is 0. The number of carbonyl (C=O) groups is 2. The molecule has 0 aliphatic heterocycles. The van der Waals surface area contributed by atoms with Crippen LogP contribution in [0.5, 0.6) is 5.75 Å². The molecule has 0 radical (unpaired) electrons. The molecule has 0 spiro atoms. The van der Waals surface area contributed by atoms with Crippen molar-refractivity contribution in [3.8, 4) is 5.75 Å². The van der Waals surface area contributed by atoms with E-state index < -0.39 is 5.97 Å². The maximum atomic E-state index is 12.8. The van der Waals surface area contributed by atoms with E-state index in [0.29, 0.717) is 30.6 Å². The lowest BCUT2D eigenvalue weighted by Gasteiger charge is -2.11. The van der Waals surface area contributed by atoms with Crippen molar-refractivity contribution >= 4 is 11.8 Å². The maximum absolute atomic E-state index is 12.8. The van der Waals surface area contributed by atoms with Crippen LogP contribution in [0.2, 0.25) is 0 Å². The van der Waals surface area contributed by atoms with Gasteiger partial charge < -0.3 is 9.84 Å². The molecule has 0 atom stereocenters. The average molecular weight is 296 g/mol. The van der Waals surface area contributed by atoms with Gasteiger partial charge >= 0.3 is 5.97 Å². The zero-order chi connectivity index (χ0) is 15.7. The van der Waals surface area contributed by atoms with Crippen molar-refractivity contribution in [3.05, 3.63) is 64.2 Å². The lowest BCUT2D eigenvalue weighted by molar-refractivity contribution is 0.0696. The smallest absolute Gasteiger partial charge is 0.335 e. The molecule has 0 fully saturated rings. The number of carbonyl (C=O) groups excluding carboxylic acids is 1. The Balaban J connectivity index is 2.11. The highest BCUT2D eigenvalue weighted by atomic mass is 16.5. The minimum atomic E-state index is -0.980. The van der Waals surface area contributed by atoms with E-state index in [0.717, 1.165) is 16.9 Å². The fraction of sp³-hybridized carbons (Fsp3) is 0.222. The van der Waals surface area contributed by atoms with Crippen LogP contribution < -0.4 is 4.74 Å². The summed E-state index contributed by atoms with van der Waals surface area (Å²) >= 11 is 0. The number of hydrogen-bond acceptors (Lipinski definition) is 3. The second-order valence-corrected chi connectivity index (χ2v) is 5.22. The summed E-state index contributed by atoms with van der Waals surface area (Å²) in [5.74, 6) is -0.312. The van der Waals surface area contributed by atoms with Gasteiger partial charge in [-0.05, 0) is 49.6 Å². The van der Waals surface area contributed by atoms with E-state index in [-0.39, 0.29) is 11.3 Å². The second kappa shape index (κ2) is 5.64. The fourth-order valence-corrected chi connectivity index (χ4v) is 2.89. The van der Waals surface area contributed by atoms with Gasteiger partial charge in [0, 0.05) is 16.7 Å². The number of aromatic carboxylic acids is 1. The van der Waals surface area contributed by atoms with Crippen LogP contribution in [0, 0.1) is 0 Å². The molecule has 0 saturated heterocycles. The number of fused-ring (bicyclic) bond motifs is 2. The Morgan fingerprint density at radius 1 is 1.18 bits per heavy atom. The van der Waals surface area contributed by atoms with Crippen LogP contribution in [0.1, 0.15) is 44.3 Å². The van der Waals surface area contributed by atoms with Gasteiger partial charge in [-0.25, -0.2) is 4.79 Å². The number of ether oxygens (including phenoxy) is 1. The van der Waals surface area contributed by atoms with E-state index in [1.165, 1.54) is 6.07 Å². The minimum absolute atomic E-state index is 0.0685. The van der Waals surface area contributed by atoms with Crippen LogP contribution in [-0.4, -0.2) is 23.5 Å². The number of carboxylic acid groups (broad SMARTS) is 1. The Hall–Kier alpha value is -2.62. The standard InChI is InChI=1S/C18H16O4/c1-2-22-16-5-3-4-15-14(16)9-6-11-10-12(18(20)21)7-8-13(11)17(15)19/h3-5,7-8,10H,2,6,9H2,1H3,(H,20,21). The summed E-state index contributed by atoms with van der Waals surface area (Å²) in [6.07, 6.45) is 1.28. The van der Waals surface area contributed by atoms with Crippen LogP contribution in [0.25, 0.3) is 0 Å². The van der Waals surface area contributed by atoms with Gasteiger partial charge in [-0.1, -0.05) is 12.1 Å². The molecule has 0 amide bonds. The molecule has 0 bridgehead atoms. The number of hydrogen-bond donors (Lipinski definition) is 1. The molecule has 0 aromatic heterocycles. The molecule has 0 unspecified atom stereocenters. The minimum Gasteiger partial charge on any atom is -0.494 e. The molecular formula is C18H16O4. The molecule has 0 heterocycles. The van der Waals surface area contributed by atoms with Crippen molar-refractivity contribution in [3.63, 3.8) is 0 Å². The summed E-state index contributed by atoms with van der Waals surface area (Å²) in [4.78, 5) is 23.9. The Morgan fingerprint density at radius 2 is 2.00 bits per heavy atom. The van der Waals surface area contributed by atoms with E-state index in [1.807, 2.05) is 19.1 Å². The zero-order valence-corrected chi connectivity index (χ0v) is 12.3. The van der Waals surface area contributed by atoms with Crippen LogP contribution in [-0.2, 0) is 12.8 Å². The SMILES string of the molecule is CCOc1cccc2c1CCc1cc(C(=O)O)ccc1C2=O. The number of benzene rings is 2. The van der Waals surface area contributed by atoms with Crippen LogP contribution >= 0.6 is 0 Å². The highest BCUT2D eigenvalue weighted by Crippen LogP contribution is 2.31. The van der Waals surface area contributed by atoms with Gasteiger partial charge in [-0.3, -0.25) is 4.79 Å². The maximum Gasteiger partial charge on any atom is 0.335 e. The van der Waals surface area contributed by atoms with Gasteiger partial charge in [-0.2, -0.15) is 0 Å². The summed E-state index contributed by atoms with van der Waals surface area (Å²) in [5, 5.41) is 9.11.